The van der Waals surface area contributed by atoms with Crippen LogP contribution >= 0.6 is 0 Å². The van der Waals surface area contributed by atoms with Gasteiger partial charge in [0.15, 0.2) is 0 Å². The van der Waals surface area contributed by atoms with Crippen LogP contribution in [0.1, 0.15) is 24.8 Å². The van der Waals surface area contributed by atoms with Gasteiger partial charge in [0.25, 0.3) is 5.91 Å². The summed E-state index contributed by atoms with van der Waals surface area (Å²) in [5.74, 6) is 0.677. The third-order valence-electron chi connectivity index (χ3n) is 5.37. The molecule has 2 aromatic carbocycles. The molecule has 6 heteroatoms. The van der Waals surface area contributed by atoms with E-state index in [1.165, 1.54) is 12.0 Å². The lowest BCUT2D eigenvalue weighted by molar-refractivity contribution is -0.123. The SMILES string of the molecule is COc1ccc(N2C(=O)CC(N(Cc3ccccc3)C3CC3)C2=O)c(OC)c1. The van der Waals surface area contributed by atoms with Crippen LogP contribution in [0.4, 0.5) is 5.69 Å². The van der Waals surface area contributed by atoms with Crippen molar-refractivity contribution in [2.75, 3.05) is 19.1 Å². The number of imide groups is 1. The van der Waals surface area contributed by atoms with Crippen molar-refractivity contribution in [1.29, 1.82) is 0 Å². The molecule has 2 aliphatic rings. The second-order valence-electron chi connectivity index (χ2n) is 7.21. The van der Waals surface area contributed by atoms with Gasteiger partial charge in [0.2, 0.25) is 5.91 Å². The Morgan fingerprint density at radius 3 is 2.43 bits per heavy atom. The Kier molecular flexibility index (Phi) is 5.05. The predicted molar refractivity (Wildman–Crippen MR) is 105 cm³/mol. The molecule has 1 saturated carbocycles. The third-order valence-corrected chi connectivity index (χ3v) is 5.37. The maximum atomic E-state index is 13.3. The number of anilines is 1. The molecule has 4 rings (SSSR count). The normalized spacial score (nSPS) is 19.4. The van der Waals surface area contributed by atoms with Crippen LogP contribution in [-0.4, -0.2) is 43.0 Å². The predicted octanol–water partition coefficient (Wildman–Crippen LogP) is 3.00. The zero-order chi connectivity index (χ0) is 19.7. The minimum Gasteiger partial charge on any atom is -0.497 e. The van der Waals surface area contributed by atoms with Crippen LogP contribution in [0.25, 0.3) is 0 Å². The van der Waals surface area contributed by atoms with E-state index in [-0.39, 0.29) is 18.2 Å². The first-order chi connectivity index (χ1) is 13.6. The molecular weight excluding hydrogens is 356 g/mol. The fourth-order valence-electron chi connectivity index (χ4n) is 3.79. The van der Waals surface area contributed by atoms with E-state index in [0.717, 1.165) is 18.4 Å². The molecule has 2 amide bonds. The van der Waals surface area contributed by atoms with Crippen LogP contribution in [-0.2, 0) is 16.1 Å². The van der Waals surface area contributed by atoms with Crippen molar-refractivity contribution in [2.24, 2.45) is 0 Å². The number of carbonyl (C=O) groups is 2. The summed E-state index contributed by atoms with van der Waals surface area (Å²) in [6.45, 7) is 0.669. The Bertz CT molecular complexity index is 879. The Balaban J connectivity index is 1.61. The van der Waals surface area contributed by atoms with Gasteiger partial charge >= 0.3 is 0 Å². The molecule has 2 aromatic rings. The van der Waals surface area contributed by atoms with Crippen molar-refractivity contribution in [1.82, 2.24) is 4.90 Å². The second-order valence-corrected chi connectivity index (χ2v) is 7.21. The van der Waals surface area contributed by atoms with E-state index < -0.39 is 6.04 Å². The van der Waals surface area contributed by atoms with E-state index in [1.54, 1.807) is 25.3 Å². The number of nitrogens with zero attached hydrogens (tertiary/aromatic N) is 2. The first-order valence-electron chi connectivity index (χ1n) is 9.51. The number of benzene rings is 2. The van der Waals surface area contributed by atoms with Crippen LogP contribution in [0.15, 0.2) is 48.5 Å². The molecule has 1 heterocycles. The summed E-state index contributed by atoms with van der Waals surface area (Å²) in [7, 11) is 3.08. The molecular formula is C22H24N2O4. The molecule has 1 unspecified atom stereocenters. The molecule has 2 fully saturated rings. The molecule has 1 saturated heterocycles. The number of rotatable bonds is 7. The fourth-order valence-corrected chi connectivity index (χ4v) is 3.79. The topological polar surface area (TPSA) is 59.1 Å². The van der Waals surface area contributed by atoms with Gasteiger partial charge in [-0.3, -0.25) is 14.5 Å². The maximum Gasteiger partial charge on any atom is 0.251 e. The molecule has 0 bridgehead atoms. The number of hydrogen-bond donors (Lipinski definition) is 0. The van der Waals surface area contributed by atoms with Gasteiger partial charge in [-0.25, -0.2) is 4.90 Å². The number of hydrogen-bond acceptors (Lipinski definition) is 5. The third kappa shape index (κ3) is 3.47. The molecule has 1 aliphatic heterocycles. The van der Waals surface area contributed by atoms with Crippen molar-refractivity contribution >= 4 is 17.5 Å². The van der Waals surface area contributed by atoms with E-state index in [9.17, 15) is 9.59 Å². The van der Waals surface area contributed by atoms with Gasteiger partial charge in [0.05, 0.1) is 32.4 Å². The summed E-state index contributed by atoms with van der Waals surface area (Å²) in [5.41, 5.74) is 1.62. The fraction of sp³-hybridized carbons (Fsp3) is 0.364. The number of ether oxygens (including phenoxy) is 2. The van der Waals surface area contributed by atoms with Gasteiger partial charge in [-0.05, 0) is 30.5 Å². The first-order valence-corrected chi connectivity index (χ1v) is 9.51. The van der Waals surface area contributed by atoms with Crippen molar-refractivity contribution in [2.45, 2.75) is 37.9 Å². The molecule has 0 radical (unpaired) electrons. The highest BCUT2D eigenvalue weighted by Crippen LogP contribution is 2.38. The molecule has 1 atom stereocenters. The van der Waals surface area contributed by atoms with Crippen LogP contribution in [0.5, 0.6) is 11.5 Å². The van der Waals surface area contributed by atoms with Crippen molar-refractivity contribution in [3.05, 3.63) is 54.1 Å². The second kappa shape index (κ2) is 7.64. The minimum absolute atomic E-state index is 0.184. The Labute approximate surface area is 164 Å². The lowest BCUT2D eigenvalue weighted by atomic mass is 10.1. The van der Waals surface area contributed by atoms with E-state index in [1.807, 2.05) is 18.2 Å². The summed E-state index contributed by atoms with van der Waals surface area (Å²) in [4.78, 5) is 29.5. The molecule has 28 heavy (non-hydrogen) atoms. The molecule has 6 nitrogen and oxygen atoms in total. The van der Waals surface area contributed by atoms with E-state index in [0.29, 0.717) is 29.8 Å². The van der Waals surface area contributed by atoms with E-state index in [4.69, 9.17) is 9.47 Å². The van der Waals surface area contributed by atoms with Crippen LogP contribution < -0.4 is 14.4 Å². The summed E-state index contributed by atoms with van der Waals surface area (Å²) < 4.78 is 10.6. The first kappa shape index (κ1) is 18.5. The zero-order valence-corrected chi connectivity index (χ0v) is 16.1. The molecule has 0 spiro atoms. The summed E-state index contributed by atoms with van der Waals surface area (Å²) in [6.07, 6.45) is 2.32. The molecule has 146 valence electrons. The zero-order valence-electron chi connectivity index (χ0n) is 16.1. The van der Waals surface area contributed by atoms with Gasteiger partial charge in [-0.2, -0.15) is 0 Å². The van der Waals surface area contributed by atoms with Crippen LogP contribution in [0, 0.1) is 0 Å². The number of methoxy groups -OCH3 is 2. The minimum atomic E-state index is -0.438. The number of carbonyl (C=O) groups excluding carboxylic acids is 2. The van der Waals surface area contributed by atoms with Crippen molar-refractivity contribution < 1.29 is 19.1 Å². The van der Waals surface area contributed by atoms with E-state index in [2.05, 4.69) is 17.0 Å². The highest BCUT2D eigenvalue weighted by molar-refractivity contribution is 6.23. The van der Waals surface area contributed by atoms with Gasteiger partial charge in [-0.15, -0.1) is 0 Å². The Morgan fingerprint density at radius 2 is 1.79 bits per heavy atom. The highest BCUT2D eigenvalue weighted by atomic mass is 16.5. The standard InChI is InChI=1S/C22H24N2O4/c1-27-17-10-11-18(20(12-17)28-2)24-21(25)13-19(22(24)26)23(16-8-9-16)14-15-6-4-3-5-7-15/h3-7,10-12,16,19H,8-9,13-14H2,1-2H3. The lowest BCUT2D eigenvalue weighted by Gasteiger charge is -2.27. The highest BCUT2D eigenvalue weighted by Gasteiger charge is 2.47. The molecule has 0 N–H and O–H groups in total. The quantitative estimate of drug-likeness (QED) is 0.691. The van der Waals surface area contributed by atoms with Gasteiger partial charge < -0.3 is 9.47 Å². The van der Waals surface area contributed by atoms with Crippen LogP contribution in [0.2, 0.25) is 0 Å². The van der Waals surface area contributed by atoms with Crippen molar-refractivity contribution in [3.63, 3.8) is 0 Å². The van der Waals surface area contributed by atoms with Gasteiger partial charge in [-0.1, -0.05) is 30.3 Å². The Hall–Kier alpha value is -2.86. The average molecular weight is 380 g/mol. The van der Waals surface area contributed by atoms with E-state index >= 15 is 0 Å². The average Bonchev–Trinajstić information content (AvgIpc) is 3.52. The summed E-state index contributed by atoms with van der Waals surface area (Å²) >= 11 is 0. The van der Waals surface area contributed by atoms with Gasteiger partial charge in [0.1, 0.15) is 11.5 Å². The number of amides is 2. The Morgan fingerprint density at radius 1 is 1.04 bits per heavy atom. The lowest BCUT2D eigenvalue weighted by Crippen LogP contribution is -2.43. The summed E-state index contributed by atoms with van der Waals surface area (Å²) in [6, 6.07) is 15.1. The monoisotopic (exact) mass is 380 g/mol. The van der Waals surface area contributed by atoms with Gasteiger partial charge in [0, 0.05) is 18.7 Å². The smallest absolute Gasteiger partial charge is 0.251 e. The summed E-state index contributed by atoms with van der Waals surface area (Å²) in [5, 5.41) is 0. The molecule has 0 aromatic heterocycles. The van der Waals surface area contributed by atoms with Crippen LogP contribution in [0.3, 0.4) is 0 Å². The molecule has 1 aliphatic carbocycles. The maximum absolute atomic E-state index is 13.3. The van der Waals surface area contributed by atoms with Crippen molar-refractivity contribution in [3.8, 4) is 11.5 Å². The largest absolute Gasteiger partial charge is 0.497 e.